The van der Waals surface area contributed by atoms with E-state index < -0.39 is 53.3 Å². The maximum atomic E-state index is 14.1. The van der Waals surface area contributed by atoms with E-state index in [0.717, 1.165) is 200 Å². The smallest absolute Gasteiger partial charge is 0.262 e. The van der Waals surface area contributed by atoms with Gasteiger partial charge in [0.25, 0.3) is 23.6 Å². The van der Waals surface area contributed by atoms with E-state index in [4.69, 9.17) is 25.9 Å². The Kier molecular flexibility index (Phi) is 20.7. The highest BCUT2D eigenvalue weighted by Gasteiger charge is 2.46. The highest BCUT2D eigenvalue weighted by atomic mass is 19.1. The molecular weight excluding hydrogens is 1420 g/mol. The molecule has 7 aliphatic heterocycles. The SMILES string of the molecule is NCCN1CCN(c2cccc(-c3cnc4ccc(N5CCC[C@@H]5c5cccc(F)c5)nn34)n2)CC1.O=C1CCC(N2C(=O)c3ccc(F)cc3C2=O)C(=O)N1.O=C1CCC(N2C(=O)c3ccc(NCCN4CCN(c5cccc(-c6cnc7ccc(N8CCC[C@@H]8c8cccc(F)c8)nn67)n5)CC4)cc3C2=O)C(=O)C1. The number of pyridine rings is 2. The minimum absolute atomic E-state index is 0.0537. The molecule has 0 radical (unpaired) electrons. The summed E-state index contributed by atoms with van der Waals surface area (Å²) >= 11 is 0. The molecule has 18 rings (SSSR count). The van der Waals surface area contributed by atoms with Crippen molar-refractivity contribution in [1.82, 2.24) is 64.1 Å². The number of imidazole rings is 2. The molecule has 4 atom stereocenters. The standard InChI is InChI=1S/C41H40FN9O4.C27H31FN8.C13H9FN2O4/c42-27-5-1-4-26(22-27)33-7-3-16-49(33)39-14-13-37-44-25-35(51(37)46-39)32-6-2-8-38(45-32)48-20-18-47(19-21-48)17-15-43-28-9-11-30-31(23-28)41(55)50(40(30)54)34-12-10-29(52)24-36(34)53;28-21-5-1-4-20(18-21)23-7-3-12-35(23)27-10-9-25-30-19-24(36(25)32-27)22-6-2-8-26(31-22)34-16-14-33(13-11-29)15-17-34;14-6-1-2-7-8(5-6)13(20)16(12(7)19)9-3-4-10(17)15-11(9)18/h1-2,4-6,8-9,11,13-14,22-23,25,33-34,43H,3,7,10,12,15-21,24H2;1-2,4-6,8-10,18-19,23H,3,7,11-17,29H2;1-2,5,9H,3-4H2,(H,15,17,18)/t33-,34?;23-;/m11./s1. The number of nitrogens with two attached hydrogens (primary N) is 1. The van der Waals surface area contributed by atoms with Crippen molar-refractivity contribution in [3.05, 3.63) is 209 Å². The van der Waals surface area contributed by atoms with Gasteiger partial charge in [0.2, 0.25) is 11.8 Å². The summed E-state index contributed by atoms with van der Waals surface area (Å²) in [6.45, 7) is 11.9. The summed E-state index contributed by atoms with van der Waals surface area (Å²) in [5, 5.41) is 15.5. The fourth-order valence-electron chi connectivity index (χ4n) is 16.2. The Hall–Kier alpha value is -12.2. The number of rotatable bonds is 16. The Labute approximate surface area is 635 Å². The maximum Gasteiger partial charge on any atom is 0.262 e. The van der Waals surface area contributed by atoms with Crippen LogP contribution in [0.25, 0.3) is 34.1 Å². The molecule has 13 heterocycles. The van der Waals surface area contributed by atoms with Gasteiger partial charge in [-0.05, 0) is 159 Å². The predicted molar refractivity (Wildman–Crippen MR) is 406 cm³/mol. The molecule has 27 nitrogen and oxygen atoms in total. The number of hydrogen-bond donors (Lipinski definition) is 3. The summed E-state index contributed by atoms with van der Waals surface area (Å²) in [5.74, 6) is -1.48. The van der Waals surface area contributed by atoms with Gasteiger partial charge in [-0.3, -0.25) is 63.3 Å². The van der Waals surface area contributed by atoms with Crippen molar-refractivity contribution in [2.75, 3.05) is 117 Å². The number of benzene rings is 4. The number of carbonyl (C=O) groups excluding carboxylic acids is 8. The van der Waals surface area contributed by atoms with Gasteiger partial charge in [0.1, 0.15) is 63.9 Å². The normalized spacial score (nSPS) is 20.3. The molecule has 6 amide bonds. The van der Waals surface area contributed by atoms with Crippen molar-refractivity contribution in [2.45, 2.75) is 82.0 Å². The van der Waals surface area contributed by atoms with E-state index >= 15 is 0 Å². The van der Waals surface area contributed by atoms with Crippen LogP contribution in [0.5, 0.6) is 0 Å². The van der Waals surface area contributed by atoms with Gasteiger partial charge in [0.15, 0.2) is 17.1 Å². The number of nitrogens with zero attached hydrogens (tertiary/aromatic N) is 16. The van der Waals surface area contributed by atoms with E-state index in [-0.39, 0.29) is 89.6 Å². The first-order chi connectivity index (χ1) is 54.0. The topological polar surface area (TPSA) is 299 Å². The summed E-state index contributed by atoms with van der Waals surface area (Å²) in [4.78, 5) is 133. The molecule has 8 aliphatic rings. The Morgan fingerprint density at radius 2 is 0.955 bits per heavy atom. The lowest BCUT2D eigenvalue weighted by molar-refractivity contribution is -0.136. The predicted octanol–water partition coefficient (Wildman–Crippen LogP) is 8.37. The van der Waals surface area contributed by atoms with Crippen LogP contribution in [0.1, 0.15) is 122 Å². The number of piperidine rings is 1. The van der Waals surface area contributed by atoms with Gasteiger partial charge < -0.3 is 30.7 Å². The quantitative estimate of drug-likeness (QED) is 0.0604. The van der Waals surface area contributed by atoms with Gasteiger partial charge in [-0.15, -0.1) is 10.2 Å². The number of hydrogen-bond acceptors (Lipinski definition) is 22. The Morgan fingerprint density at radius 3 is 1.49 bits per heavy atom. The molecule has 4 N–H and O–H groups in total. The third kappa shape index (κ3) is 15.0. The second kappa shape index (κ2) is 31.4. The van der Waals surface area contributed by atoms with Crippen LogP contribution in [0, 0.1) is 17.5 Å². The van der Waals surface area contributed by atoms with Gasteiger partial charge in [-0.2, -0.15) is 0 Å². The highest BCUT2D eigenvalue weighted by molar-refractivity contribution is 6.25. The molecule has 10 aromatic rings. The third-order valence-electron chi connectivity index (χ3n) is 21.9. The second-order valence-corrected chi connectivity index (χ2v) is 28.8. The molecule has 0 spiro atoms. The van der Waals surface area contributed by atoms with Crippen LogP contribution in [-0.2, 0) is 19.2 Å². The molecular formula is C81H80F3N19O8. The number of piperazine rings is 2. The fourth-order valence-corrected chi connectivity index (χ4v) is 16.2. The average molecular weight is 1500 g/mol. The molecule has 30 heteroatoms. The third-order valence-corrected chi connectivity index (χ3v) is 21.9. The van der Waals surface area contributed by atoms with Crippen LogP contribution in [0.15, 0.2) is 158 Å². The first-order valence-electron chi connectivity index (χ1n) is 37.6. The highest BCUT2D eigenvalue weighted by Crippen LogP contribution is 2.39. The van der Waals surface area contributed by atoms with Gasteiger partial charge in [0, 0.05) is 110 Å². The van der Waals surface area contributed by atoms with Crippen LogP contribution in [0.2, 0.25) is 0 Å². The van der Waals surface area contributed by atoms with Gasteiger partial charge >= 0.3 is 0 Å². The van der Waals surface area contributed by atoms with Crippen LogP contribution in [0.3, 0.4) is 0 Å². The number of Topliss-reactive ketones (excluding diaryl/α,β-unsaturated/α-hetero) is 2. The molecule has 2 unspecified atom stereocenters. The second-order valence-electron chi connectivity index (χ2n) is 28.8. The average Bonchev–Trinajstić information content (AvgIpc) is 1.60. The molecule has 111 heavy (non-hydrogen) atoms. The van der Waals surface area contributed by atoms with Crippen LogP contribution in [-0.4, -0.2) is 209 Å². The molecule has 0 bridgehead atoms. The monoisotopic (exact) mass is 1500 g/mol. The number of imide groups is 3. The number of ketones is 2. The lowest BCUT2D eigenvalue weighted by atomic mass is 9.92. The van der Waals surface area contributed by atoms with Gasteiger partial charge in [-0.25, -0.2) is 42.1 Å². The number of anilines is 5. The summed E-state index contributed by atoms with van der Waals surface area (Å²) in [6.07, 6.45) is 7.88. The maximum absolute atomic E-state index is 14.1. The molecule has 6 aromatic heterocycles. The molecule has 5 saturated heterocycles. The summed E-state index contributed by atoms with van der Waals surface area (Å²) < 4.78 is 44.9. The van der Waals surface area contributed by atoms with Crippen molar-refractivity contribution < 1.29 is 51.5 Å². The number of carbonyl (C=O) groups is 8. The first kappa shape index (κ1) is 73.0. The van der Waals surface area contributed by atoms with E-state index in [1.165, 1.54) is 18.2 Å². The van der Waals surface area contributed by atoms with Crippen molar-refractivity contribution in [3.8, 4) is 22.8 Å². The zero-order valence-electron chi connectivity index (χ0n) is 60.7. The number of halogens is 3. The number of nitrogens with one attached hydrogen (secondary N) is 2. The van der Waals surface area contributed by atoms with E-state index in [9.17, 15) is 51.5 Å². The largest absolute Gasteiger partial charge is 0.384 e. The van der Waals surface area contributed by atoms with Crippen LogP contribution < -0.4 is 36.0 Å². The lowest BCUT2D eigenvalue weighted by Crippen LogP contribution is -2.54. The molecule has 4 aromatic carbocycles. The van der Waals surface area contributed by atoms with Crippen molar-refractivity contribution in [3.63, 3.8) is 0 Å². The van der Waals surface area contributed by atoms with Crippen molar-refractivity contribution >= 4 is 87.3 Å². The number of fused-ring (bicyclic) bond motifs is 4. The van der Waals surface area contributed by atoms with E-state index in [1.807, 2.05) is 88.2 Å². The van der Waals surface area contributed by atoms with Crippen LogP contribution >= 0.6 is 0 Å². The van der Waals surface area contributed by atoms with E-state index in [1.54, 1.807) is 42.5 Å². The zero-order valence-corrected chi connectivity index (χ0v) is 60.7. The van der Waals surface area contributed by atoms with Crippen molar-refractivity contribution in [1.29, 1.82) is 0 Å². The Balaban J connectivity index is 0.000000142. The first-order valence-corrected chi connectivity index (χ1v) is 37.6. The Morgan fingerprint density at radius 1 is 0.459 bits per heavy atom. The number of aromatic nitrogens is 8. The molecule has 6 fully saturated rings. The van der Waals surface area contributed by atoms with E-state index in [0.29, 0.717) is 13.1 Å². The zero-order chi connectivity index (χ0) is 76.6. The fraction of sp³-hybridized carbons (Fsp3) is 0.333. The summed E-state index contributed by atoms with van der Waals surface area (Å²) in [6, 6.07) is 40.5. The van der Waals surface area contributed by atoms with Crippen LogP contribution in [0.4, 0.5) is 42.1 Å². The van der Waals surface area contributed by atoms with Crippen molar-refractivity contribution in [2.24, 2.45) is 5.73 Å². The minimum Gasteiger partial charge on any atom is -0.384 e. The minimum atomic E-state index is -1.02. The molecule has 1 aliphatic carbocycles. The summed E-state index contributed by atoms with van der Waals surface area (Å²) in [7, 11) is 0. The van der Waals surface area contributed by atoms with E-state index in [2.05, 4.69) is 56.1 Å². The van der Waals surface area contributed by atoms with Gasteiger partial charge in [0.05, 0.1) is 70.6 Å². The Bertz CT molecular complexity index is 5310. The van der Waals surface area contributed by atoms with Gasteiger partial charge in [-0.1, -0.05) is 36.4 Å². The molecule has 568 valence electrons. The molecule has 1 saturated carbocycles. The number of amides is 6. The summed E-state index contributed by atoms with van der Waals surface area (Å²) in [5.41, 5.74) is 13.8. The lowest BCUT2D eigenvalue weighted by Gasteiger charge is -2.35.